The smallest absolute Gasteiger partial charge is 0.220 e. The highest BCUT2D eigenvalue weighted by Crippen LogP contribution is 2.18. The van der Waals surface area contributed by atoms with Crippen LogP contribution in [0.2, 0.25) is 0 Å². The van der Waals surface area contributed by atoms with Crippen LogP contribution in [-0.4, -0.2) is 19.1 Å². The monoisotopic (exact) mass is 239 g/mol. The first-order valence-electron chi connectivity index (χ1n) is 5.60. The highest BCUT2D eigenvalue weighted by Gasteiger charge is 2.19. The van der Waals surface area contributed by atoms with Gasteiger partial charge in [0.05, 0.1) is 6.61 Å². The van der Waals surface area contributed by atoms with E-state index in [1.54, 1.807) is 6.92 Å². The molecule has 1 aliphatic heterocycles. The molecule has 0 bridgehead atoms. The van der Waals surface area contributed by atoms with Crippen LogP contribution in [0.5, 0.6) is 0 Å². The summed E-state index contributed by atoms with van der Waals surface area (Å²) in [6.07, 6.45) is 2.55. The zero-order valence-electron chi connectivity index (χ0n) is 10.1. The molecule has 1 N–H and O–H groups in total. The molecule has 0 aromatic heterocycles. The number of carbonyl (C=O) groups excluding carboxylic acids is 1. The Kier molecular flexibility index (Phi) is 4.94. The molecule has 0 aromatic carbocycles. The molecule has 17 heavy (non-hydrogen) atoms. The predicted molar refractivity (Wildman–Crippen MR) is 64.8 cm³/mol. The van der Waals surface area contributed by atoms with Crippen molar-refractivity contribution in [3.8, 4) is 0 Å². The Bertz CT molecular complexity index is 360. The van der Waals surface area contributed by atoms with Crippen LogP contribution in [0.4, 0.5) is 4.39 Å². The van der Waals surface area contributed by atoms with Gasteiger partial charge in [-0.05, 0) is 18.9 Å². The maximum absolute atomic E-state index is 12.7. The number of hydrogen-bond donors (Lipinski definition) is 1. The van der Waals surface area contributed by atoms with Crippen LogP contribution in [0.25, 0.3) is 0 Å². The fourth-order valence-corrected chi connectivity index (χ4v) is 1.63. The third-order valence-corrected chi connectivity index (χ3v) is 2.53. The molecule has 0 aromatic rings. The lowest BCUT2D eigenvalue weighted by Gasteiger charge is -2.22. The summed E-state index contributed by atoms with van der Waals surface area (Å²) in [5.41, 5.74) is 0.643. The van der Waals surface area contributed by atoms with E-state index in [1.165, 1.54) is 6.08 Å². The lowest BCUT2D eigenvalue weighted by molar-refractivity contribution is -0.124. The van der Waals surface area contributed by atoms with Gasteiger partial charge in [-0.3, -0.25) is 4.79 Å². The predicted octanol–water partition coefficient (Wildman–Crippen LogP) is 2.47. The largest absolute Gasteiger partial charge is 0.493 e. The van der Waals surface area contributed by atoms with Crippen LogP contribution in [0.3, 0.4) is 0 Å². The maximum atomic E-state index is 12.7. The molecule has 1 amide bonds. The van der Waals surface area contributed by atoms with E-state index in [4.69, 9.17) is 4.74 Å². The van der Waals surface area contributed by atoms with Crippen molar-refractivity contribution < 1.29 is 13.9 Å². The number of rotatable bonds is 5. The lowest BCUT2D eigenvalue weighted by atomic mass is 9.99. The molecule has 1 rings (SSSR count). The normalized spacial score (nSPS) is 20.7. The van der Waals surface area contributed by atoms with Gasteiger partial charge in [-0.25, -0.2) is 4.39 Å². The summed E-state index contributed by atoms with van der Waals surface area (Å²) in [4.78, 5) is 11.2. The second-order valence-corrected chi connectivity index (χ2v) is 4.26. The van der Waals surface area contributed by atoms with E-state index < -0.39 is 5.83 Å². The number of ether oxygens (including phenoxy) is 1. The van der Waals surface area contributed by atoms with Gasteiger partial charge in [0.1, 0.15) is 11.6 Å². The lowest BCUT2D eigenvalue weighted by Crippen LogP contribution is -2.35. The highest BCUT2D eigenvalue weighted by atomic mass is 19.1. The van der Waals surface area contributed by atoms with Gasteiger partial charge in [0.25, 0.3) is 0 Å². The topological polar surface area (TPSA) is 38.3 Å². The summed E-state index contributed by atoms with van der Waals surface area (Å²) in [6, 6.07) is 0. The van der Waals surface area contributed by atoms with Crippen molar-refractivity contribution in [1.82, 2.24) is 5.32 Å². The quantitative estimate of drug-likeness (QED) is 0.591. The summed E-state index contributed by atoms with van der Waals surface area (Å²) in [7, 11) is 0. The molecule has 4 heteroatoms. The fourth-order valence-electron chi connectivity index (χ4n) is 1.63. The molecule has 0 spiro atoms. The maximum Gasteiger partial charge on any atom is 0.220 e. The molecule has 1 saturated heterocycles. The van der Waals surface area contributed by atoms with Crippen LogP contribution >= 0.6 is 0 Å². The van der Waals surface area contributed by atoms with E-state index in [9.17, 15) is 9.18 Å². The second kappa shape index (κ2) is 6.23. The standard InChI is InChI=1S/C13H18FNO2/c1-9(2)12(6-10(3)14)17-8-11-4-5-15-13(16)7-11/h6,11H,1,3-5,7-8H2,2H3,(H,15,16)/b12-6+. The average Bonchev–Trinajstić information content (AvgIpc) is 2.23. The van der Waals surface area contributed by atoms with Gasteiger partial charge in [-0.2, -0.15) is 0 Å². The van der Waals surface area contributed by atoms with Crippen molar-refractivity contribution in [2.24, 2.45) is 5.92 Å². The Labute approximate surface area is 101 Å². The molecule has 1 unspecified atom stereocenters. The molecule has 94 valence electrons. The minimum Gasteiger partial charge on any atom is -0.493 e. The number of piperidine rings is 1. The first-order chi connectivity index (χ1) is 7.99. The van der Waals surface area contributed by atoms with Crippen LogP contribution in [0.15, 0.2) is 36.4 Å². The van der Waals surface area contributed by atoms with Gasteiger partial charge < -0.3 is 10.1 Å². The molecule has 1 heterocycles. The van der Waals surface area contributed by atoms with E-state index >= 15 is 0 Å². The molecule has 1 aliphatic rings. The van der Waals surface area contributed by atoms with Crippen molar-refractivity contribution in [2.75, 3.05) is 13.2 Å². The highest BCUT2D eigenvalue weighted by molar-refractivity contribution is 5.76. The van der Waals surface area contributed by atoms with Gasteiger partial charge in [0.2, 0.25) is 5.91 Å². The molecule has 1 fully saturated rings. The van der Waals surface area contributed by atoms with Crippen LogP contribution in [0.1, 0.15) is 19.8 Å². The van der Waals surface area contributed by atoms with Gasteiger partial charge in [0, 0.05) is 25.0 Å². The van der Waals surface area contributed by atoms with Crippen molar-refractivity contribution in [3.05, 3.63) is 36.4 Å². The third-order valence-electron chi connectivity index (χ3n) is 2.53. The first-order valence-corrected chi connectivity index (χ1v) is 5.60. The first kappa shape index (κ1) is 13.5. The van der Waals surface area contributed by atoms with Crippen molar-refractivity contribution >= 4 is 5.91 Å². The molecule has 3 nitrogen and oxygen atoms in total. The van der Waals surface area contributed by atoms with Crippen molar-refractivity contribution in [3.63, 3.8) is 0 Å². The number of allylic oxidation sites excluding steroid dienone is 3. The number of nitrogens with one attached hydrogen (secondary N) is 1. The van der Waals surface area contributed by atoms with E-state index in [-0.39, 0.29) is 11.8 Å². The van der Waals surface area contributed by atoms with Gasteiger partial charge >= 0.3 is 0 Å². The van der Waals surface area contributed by atoms with E-state index in [0.29, 0.717) is 30.9 Å². The Balaban J connectivity index is 2.49. The summed E-state index contributed by atoms with van der Waals surface area (Å²) in [5.74, 6) is 0.0489. The molecular formula is C13H18FNO2. The molecule has 1 atom stereocenters. The number of carbonyl (C=O) groups is 1. The van der Waals surface area contributed by atoms with Gasteiger partial charge in [0.15, 0.2) is 0 Å². The molecule has 0 radical (unpaired) electrons. The SMILES string of the molecule is C=C(F)/C=C(/OCC1CCNC(=O)C1)C(=C)C. The number of hydrogen-bond acceptors (Lipinski definition) is 2. The summed E-state index contributed by atoms with van der Waals surface area (Å²) in [6.45, 7) is 9.68. The Morgan fingerprint density at radius 1 is 1.65 bits per heavy atom. The minimum absolute atomic E-state index is 0.0422. The number of halogens is 1. The molecule has 0 aliphatic carbocycles. The zero-order chi connectivity index (χ0) is 12.8. The third kappa shape index (κ3) is 4.85. The van der Waals surface area contributed by atoms with Gasteiger partial charge in [-0.1, -0.05) is 13.2 Å². The Hall–Kier alpha value is -1.58. The van der Waals surface area contributed by atoms with Crippen molar-refractivity contribution in [1.29, 1.82) is 0 Å². The summed E-state index contributed by atoms with van der Waals surface area (Å²) >= 11 is 0. The van der Waals surface area contributed by atoms with E-state index in [0.717, 1.165) is 6.42 Å². The Morgan fingerprint density at radius 3 is 2.88 bits per heavy atom. The van der Waals surface area contributed by atoms with E-state index in [2.05, 4.69) is 18.5 Å². The average molecular weight is 239 g/mol. The summed E-state index contributed by atoms with van der Waals surface area (Å²) in [5, 5.41) is 2.75. The number of amides is 1. The van der Waals surface area contributed by atoms with Crippen LogP contribution < -0.4 is 5.32 Å². The second-order valence-electron chi connectivity index (χ2n) is 4.26. The van der Waals surface area contributed by atoms with Crippen molar-refractivity contribution in [2.45, 2.75) is 19.8 Å². The summed E-state index contributed by atoms with van der Waals surface area (Å²) < 4.78 is 18.2. The molecule has 0 saturated carbocycles. The van der Waals surface area contributed by atoms with Crippen LogP contribution in [-0.2, 0) is 9.53 Å². The van der Waals surface area contributed by atoms with Crippen LogP contribution in [0, 0.1) is 5.92 Å². The fraction of sp³-hybridized carbons (Fsp3) is 0.462. The minimum atomic E-state index is -0.565. The molecular weight excluding hydrogens is 221 g/mol. The zero-order valence-corrected chi connectivity index (χ0v) is 10.1. The Morgan fingerprint density at radius 2 is 2.35 bits per heavy atom. The van der Waals surface area contributed by atoms with Gasteiger partial charge in [-0.15, -0.1) is 0 Å². The van der Waals surface area contributed by atoms with E-state index in [1.807, 2.05) is 0 Å².